The van der Waals surface area contributed by atoms with E-state index in [1.807, 2.05) is 30.3 Å². The standard InChI is InChI=1S/C20H15Cl4OP/c21-17-8-4-9-18(22)15(17)12-26(25,14-6-2-1-3-7-14)13-16-19(23)10-5-11-20(16)24/h1-11H,12-13H2. The van der Waals surface area contributed by atoms with Crippen LogP contribution in [0.15, 0.2) is 66.7 Å². The number of rotatable bonds is 5. The summed E-state index contributed by atoms with van der Waals surface area (Å²) in [6.45, 7) is 0. The smallest absolute Gasteiger partial charge is 0.124 e. The molecule has 0 bridgehead atoms. The van der Waals surface area contributed by atoms with Gasteiger partial charge in [-0.25, -0.2) is 0 Å². The average molecular weight is 444 g/mol. The van der Waals surface area contributed by atoms with Gasteiger partial charge in [0, 0.05) is 37.7 Å². The Balaban J connectivity index is 2.11. The fourth-order valence-electron chi connectivity index (χ4n) is 2.82. The molecule has 0 N–H and O–H groups in total. The lowest BCUT2D eigenvalue weighted by Crippen LogP contribution is -2.10. The number of benzene rings is 3. The molecule has 1 nitrogen and oxygen atoms in total. The third kappa shape index (κ3) is 4.30. The van der Waals surface area contributed by atoms with Crippen molar-refractivity contribution in [3.8, 4) is 0 Å². The Morgan fingerprint density at radius 1 is 0.577 bits per heavy atom. The van der Waals surface area contributed by atoms with Gasteiger partial charge < -0.3 is 4.57 Å². The molecule has 3 rings (SSSR count). The third-order valence-electron chi connectivity index (χ3n) is 4.18. The molecule has 0 spiro atoms. The maximum atomic E-state index is 14.1. The summed E-state index contributed by atoms with van der Waals surface area (Å²) in [6, 6.07) is 19.9. The van der Waals surface area contributed by atoms with Crippen molar-refractivity contribution in [1.29, 1.82) is 0 Å². The van der Waals surface area contributed by atoms with E-state index in [4.69, 9.17) is 46.4 Å². The Morgan fingerprint density at radius 3 is 1.35 bits per heavy atom. The minimum Gasteiger partial charge on any atom is -0.318 e. The van der Waals surface area contributed by atoms with Crippen LogP contribution in [0.5, 0.6) is 0 Å². The van der Waals surface area contributed by atoms with Gasteiger partial charge in [0.25, 0.3) is 0 Å². The summed E-state index contributed by atoms with van der Waals surface area (Å²) in [4.78, 5) is 0. The predicted molar refractivity (Wildman–Crippen MR) is 114 cm³/mol. The van der Waals surface area contributed by atoms with Crippen LogP contribution in [-0.4, -0.2) is 0 Å². The first-order valence-electron chi connectivity index (χ1n) is 7.90. The highest BCUT2D eigenvalue weighted by Gasteiger charge is 2.29. The maximum absolute atomic E-state index is 14.1. The molecule has 0 fully saturated rings. The summed E-state index contributed by atoms with van der Waals surface area (Å²) in [5.41, 5.74) is 1.34. The van der Waals surface area contributed by atoms with Crippen molar-refractivity contribution in [2.24, 2.45) is 0 Å². The zero-order valence-electron chi connectivity index (χ0n) is 13.6. The van der Waals surface area contributed by atoms with Crippen LogP contribution in [-0.2, 0) is 16.9 Å². The number of hydrogen-bond donors (Lipinski definition) is 0. The largest absolute Gasteiger partial charge is 0.318 e. The Morgan fingerprint density at radius 2 is 0.962 bits per heavy atom. The van der Waals surface area contributed by atoms with Crippen LogP contribution in [0.25, 0.3) is 0 Å². The lowest BCUT2D eigenvalue weighted by molar-refractivity contribution is 0.580. The van der Waals surface area contributed by atoms with E-state index in [9.17, 15) is 4.57 Å². The molecule has 26 heavy (non-hydrogen) atoms. The molecule has 0 saturated carbocycles. The van der Waals surface area contributed by atoms with E-state index in [1.165, 1.54) is 0 Å². The molecule has 0 radical (unpaired) electrons. The Hall–Kier alpha value is -0.950. The van der Waals surface area contributed by atoms with Gasteiger partial charge in [-0.05, 0) is 35.4 Å². The van der Waals surface area contributed by atoms with Gasteiger partial charge in [-0.3, -0.25) is 0 Å². The molecule has 0 unspecified atom stereocenters. The van der Waals surface area contributed by atoms with Crippen LogP contribution in [0.4, 0.5) is 0 Å². The predicted octanol–water partition coefficient (Wildman–Crippen LogP) is 7.69. The van der Waals surface area contributed by atoms with Crippen molar-refractivity contribution in [2.45, 2.75) is 12.3 Å². The summed E-state index contributed by atoms with van der Waals surface area (Å²) in [7, 11) is -2.96. The Kier molecular flexibility index (Phi) is 6.38. The molecule has 6 heteroatoms. The van der Waals surface area contributed by atoms with Crippen molar-refractivity contribution < 1.29 is 4.57 Å². The first kappa shape index (κ1) is 19.8. The van der Waals surface area contributed by atoms with Gasteiger partial charge in [0.2, 0.25) is 0 Å². The summed E-state index contributed by atoms with van der Waals surface area (Å²) in [6.07, 6.45) is 0.466. The first-order chi connectivity index (χ1) is 12.4. The molecule has 3 aromatic rings. The summed E-state index contributed by atoms with van der Waals surface area (Å²) >= 11 is 25.3. The van der Waals surface area contributed by atoms with Gasteiger partial charge in [-0.2, -0.15) is 0 Å². The SMILES string of the molecule is O=P(Cc1c(Cl)cccc1Cl)(Cc1c(Cl)cccc1Cl)c1ccccc1. The molecular weight excluding hydrogens is 429 g/mol. The van der Waals surface area contributed by atoms with Crippen LogP contribution < -0.4 is 5.30 Å². The molecule has 0 aliphatic carbocycles. The van der Waals surface area contributed by atoms with Crippen LogP contribution in [0.2, 0.25) is 20.1 Å². The zero-order chi connectivity index (χ0) is 18.7. The molecule has 0 saturated heterocycles. The Bertz CT molecular complexity index is 875. The van der Waals surface area contributed by atoms with Crippen LogP contribution in [0.1, 0.15) is 11.1 Å². The lowest BCUT2D eigenvalue weighted by atomic mass is 10.2. The molecule has 0 aliphatic rings. The fraction of sp³-hybridized carbons (Fsp3) is 0.100. The van der Waals surface area contributed by atoms with Crippen molar-refractivity contribution >= 4 is 58.9 Å². The average Bonchev–Trinajstić information content (AvgIpc) is 2.62. The monoisotopic (exact) mass is 442 g/mol. The second kappa shape index (κ2) is 8.38. The van der Waals surface area contributed by atoms with E-state index in [0.29, 0.717) is 31.2 Å². The number of halogens is 4. The molecular formula is C20H15Cl4OP. The normalized spacial score (nSPS) is 11.5. The highest BCUT2D eigenvalue weighted by molar-refractivity contribution is 7.70. The quantitative estimate of drug-likeness (QED) is 0.369. The van der Waals surface area contributed by atoms with Crippen LogP contribution in [0.3, 0.4) is 0 Å². The molecule has 0 aromatic heterocycles. The molecule has 0 amide bonds. The van der Waals surface area contributed by atoms with E-state index in [1.54, 1.807) is 36.4 Å². The minimum atomic E-state index is -2.96. The highest BCUT2D eigenvalue weighted by atomic mass is 35.5. The third-order valence-corrected chi connectivity index (χ3v) is 8.49. The summed E-state index contributed by atoms with van der Waals surface area (Å²) in [5.74, 6) is 0. The van der Waals surface area contributed by atoms with E-state index in [0.717, 1.165) is 5.30 Å². The summed E-state index contributed by atoms with van der Waals surface area (Å²) < 4.78 is 14.1. The van der Waals surface area contributed by atoms with E-state index >= 15 is 0 Å². The second-order valence-corrected chi connectivity index (χ2v) is 10.5. The molecule has 0 heterocycles. The topological polar surface area (TPSA) is 17.1 Å². The van der Waals surface area contributed by atoms with Gasteiger partial charge in [0.05, 0.1) is 0 Å². The van der Waals surface area contributed by atoms with E-state index < -0.39 is 7.14 Å². The lowest BCUT2D eigenvalue weighted by Gasteiger charge is -2.21. The maximum Gasteiger partial charge on any atom is 0.124 e. The van der Waals surface area contributed by atoms with Crippen LogP contribution in [0, 0.1) is 0 Å². The minimum absolute atomic E-state index is 0.233. The van der Waals surface area contributed by atoms with Gasteiger partial charge in [0.1, 0.15) is 7.14 Å². The van der Waals surface area contributed by atoms with Crippen molar-refractivity contribution in [3.63, 3.8) is 0 Å². The van der Waals surface area contributed by atoms with Crippen molar-refractivity contribution in [2.75, 3.05) is 0 Å². The summed E-state index contributed by atoms with van der Waals surface area (Å²) in [5, 5.41) is 2.74. The fourth-order valence-corrected chi connectivity index (χ4v) is 7.15. The highest BCUT2D eigenvalue weighted by Crippen LogP contribution is 2.54. The molecule has 3 aromatic carbocycles. The first-order valence-corrected chi connectivity index (χ1v) is 11.5. The van der Waals surface area contributed by atoms with E-state index in [2.05, 4.69) is 0 Å². The van der Waals surface area contributed by atoms with Crippen molar-refractivity contribution in [1.82, 2.24) is 0 Å². The number of hydrogen-bond acceptors (Lipinski definition) is 1. The van der Waals surface area contributed by atoms with Gasteiger partial charge in [0.15, 0.2) is 0 Å². The van der Waals surface area contributed by atoms with Gasteiger partial charge in [-0.15, -0.1) is 0 Å². The molecule has 0 atom stereocenters. The zero-order valence-corrected chi connectivity index (χ0v) is 17.6. The van der Waals surface area contributed by atoms with Gasteiger partial charge >= 0.3 is 0 Å². The van der Waals surface area contributed by atoms with Gasteiger partial charge in [-0.1, -0.05) is 88.9 Å². The Labute approximate surface area is 173 Å². The molecule has 134 valence electrons. The van der Waals surface area contributed by atoms with Crippen molar-refractivity contribution in [3.05, 3.63) is 97.9 Å². The van der Waals surface area contributed by atoms with E-state index in [-0.39, 0.29) is 12.3 Å². The molecule has 0 aliphatic heterocycles. The second-order valence-electron chi connectivity index (χ2n) is 5.94. The van der Waals surface area contributed by atoms with Crippen LogP contribution >= 0.6 is 53.5 Å².